The monoisotopic (exact) mass is 404 g/mol. The number of likely N-dealkylation sites (tertiary alicyclic amines) is 1. The van der Waals surface area contributed by atoms with Gasteiger partial charge in [-0.15, -0.1) is 11.6 Å². The van der Waals surface area contributed by atoms with Crippen LogP contribution in [0.3, 0.4) is 0 Å². The van der Waals surface area contributed by atoms with Crippen molar-refractivity contribution >= 4 is 33.4 Å². The maximum Gasteiger partial charge on any atom is 0.199 e. The minimum atomic E-state index is -1.43. The molecule has 1 N–H and O–H groups in total. The molecule has 3 atom stereocenters. The molecule has 2 aromatic heterocycles. The number of piperidine rings is 1. The lowest BCUT2D eigenvalue weighted by Gasteiger charge is -2.35. The number of methoxy groups -OCH3 is 1. The summed E-state index contributed by atoms with van der Waals surface area (Å²) in [6.07, 6.45) is 3.68. The molecule has 0 aliphatic carbocycles. The second kappa shape index (κ2) is 7.96. The van der Waals surface area contributed by atoms with E-state index < -0.39 is 16.2 Å². The Hall–Kier alpha value is -1.96. The first-order valence-electron chi connectivity index (χ1n) is 8.89. The Morgan fingerprint density at radius 3 is 3.00 bits per heavy atom. The van der Waals surface area contributed by atoms with Crippen molar-refractivity contribution in [2.45, 2.75) is 28.7 Å². The zero-order valence-electron chi connectivity index (χ0n) is 15.0. The van der Waals surface area contributed by atoms with Crippen molar-refractivity contribution in [1.82, 2.24) is 19.9 Å². The van der Waals surface area contributed by atoms with E-state index in [-0.39, 0.29) is 5.38 Å². The van der Waals surface area contributed by atoms with E-state index in [0.717, 1.165) is 41.9 Å². The molecule has 8 heteroatoms. The molecule has 4 rings (SSSR count). The van der Waals surface area contributed by atoms with Gasteiger partial charge in [0, 0.05) is 24.2 Å². The molecule has 0 bridgehead atoms. The minimum Gasteiger partial charge on any atom is -0.497 e. The number of hydrogen-bond acceptors (Lipinski definition) is 5. The summed E-state index contributed by atoms with van der Waals surface area (Å²) in [7, 11) is 0.189. The summed E-state index contributed by atoms with van der Waals surface area (Å²) in [5.74, 6) is 0.728. The van der Waals surface area contributed by atoms with Gasteiger partial charge in [0.15, 0.2) is 5.16 Å². The number of benzene rings is 1. The first-order chi connectivity index (χ1) is 13.2. The molecule has 3 heterocycles. The fraction of sp³-hybridized carbons (Fsp3) is 0.368. The summed E-state index contributed by atoms with van der Waals surface area (Å²) in [6.45, 7) is 1.52. The summed E-state index contributed by atoms with van der Waals surface area (Å²) in [6, 6.07) is 11.2. The Bertz CT molecular complexity index is 949. The number of fused-ring (bicyclic) bond motifs is 1. The fourth-order valence-electron chi connectivity index (χ4n) is 3.41. The summed E-state index contributed by atoms with van der Waals surface area (Å²) in [4.78, 5) is 14.4. The van der Waals surface area contributed by atoms with E-state index in [1.165, 1.54) is 0 Å². The van der Waals surface area contributed by atoms with Crippen molar-refractivity contribution in [3.8, 4) is 5.75 Å². The highest BCUT2D eigenvalue weighted by atomic mass is 35.5. The Labute approximate surface area is 165 Å². The molecule has 1 aliphatic rings. The fourth-order valence-corrected chi connectivity index (χ4v) is 5.18. The van der Waals surface area contributed by atoms with E-state index in [1.54, 1.807) is 13.3 Å². The lowest BCUT2D eigenvalue weighted by atomic mass is 10.1. The second-order valence-corrected chi connectivity index (χ2v) is 8.61. The molecule has 1 fully saturated rings. The van der Waals surface area contributed by atoms with Gasteiger partial charge in [-0.25, -0.2) is 9.19 Å². The molecule has 1 saturated heterocycles. The zero-order chi connectivity index (χ0) is 18.8. The predicted octanol–water partition coefficient (Wildman–Crippen LogP) is 3.48. The van der Waals surface area contributed by atoms with Crippen LogP contribution in [0.2, 0.25) is 0 Å². The highest BCUT2D eigenvalue weighted by Crippen LogP contribution is 2.31. The van der Waals surface area contributed by atoms with E-state index in [2.05, 4.69) is 19.9 Å². The predicted molar refractivity (Wildman–Crippen MR) is 106 cm³/mol. The third-order valence-electron chi connectivity index (χ3n) is 4.73. The number of rotatable bonds is 5. The van der Waals surface area contributed by atoms with E-state index in [0.29, 0.717) is 11.7 Å². The first kappa shape index (κ1) is 18.4. The maximum absolute atomic E-state index is 13.5. The summed E-state index contributed by atoms with van der Waals surface area (Å²) < 4.78 is 18.8. The number of aromatic nitrogens is 3. The number of nitrogens with zero attached hydrogens (tertiary/aromatic N) is 3. The molecule has 0 amide bonds. The molecule has 142 valence electrons. The van der Waals surface area contributed by atoms with Crippen LogP contribution >= 0.6 is 11.6 Å². The Morgan fingerprint density at radius 2 is 2.26 bits per heavy atom. The molecule has 1 aliphatic heterocycles. The largest absolute Gasteiger partial charge is 0.497 e. The summed E-state index contributed by atoms with van der Waals surface area (Å²) >= 11 is 6.39. The Kier molecular flexibility index (Phi) is 5.43. The van der Waals surface area contributed by atoms with Crippen LogP contribution in [0.15, 0.2) is 47.8 Å². The second-order valence-electron chi connectivity index (χ2n) is 6.56. The van der Waals surface area contributed by atoms with Crippen LogP contribution in [-0.2, 0) is 10.8 Å². The highest BCUT2D eigenvalue weighted by molar-refractivity contribution is 7.85. The summed E-state index contributed by atoms with van der Waals surface area (Å²) in [5, 5.41) is 0.0997. The molecule has 0 spiro atoms. The Balaban J connectivity index is 1.72. The minimum absolute atomic E-state index is 0.0573. The van der Waals surface area contributed by atoms with Crippen molar-refractivity contribution in [2.24, 2.45) is 0 Å². The summed E-state index contributed by atoms with van der Waals surface area (Å²) in [5.41, 5.74) is 2.32. The molecule has 6 nitrogen and oxygen atoms in total. The van der Waals surface area contributed by atoms with E-state index in [4.69, 9.17) is 16.3 Å². The lowest BCUT2D eigenvalue weighted by Crippen LogP contribution is -2.40. The smallest absolute Gasteiger partial charge is 0.199 e. The Morgan fingerprint density at radius 1 is 1.37 bits per heavy atom. The van der Waals surface area contributed by atoms with Gasteiger partial charge in [0.05, 0.1) is 23.8 Å². The van der Waals surface area contributed by atoms with Crippen molar-refractivity contribution < 1.29 is 8.95 Å². The van der Waals surface area contributed by atoms with E-state index >= 15 is 0 Å². The average Bonchev–Trinajstić information content (AvgIpc) is 3.12. The SMILES string of the molecule is COc1ccc2nc([S@](=O)C(c3ccccn3)N3CCCC(Cl)C3)[nH]c2c1. The standard InChI is InChI=1S/C19H21ClN4O2S/c1-26-14-7-8-15-17(11-14)23-19(22-15)27(25)18(16-6-2-3-9-21-16)24-10-4-5-13(20)12-24/h2-3,6-9,11,13,18H,4-5,10,12H2,1H3,(H,22,23)/t13?,18?,27-/m1/s1. The van der Waals surface area contributed by atoms with Crippen molar-refractivity contribution in [1.29, 1.82) is 0 Å². The molecule has 0 saturated carbocycles. The topological polar surface area (TPSA) is 71.1 Å². The number of halogens is 1. The zero-order valence-corrected chi connectivity index (χ0v) is 16.5. The van der Waals surface area contributed by atoms with Crippen LogP contribution in [0.1, 0.15) is 23.9 Å². The molecule has 3 aromatic rings. The van der Waals surface area contributed by atoms with Gasteiger partial charge in [0.1, 0.15) is 21.9 Å². The molecular formula is C19H21ClN4O2S. The van der Waals surface area contributed by atoms with Gasteiger partial charge in [-0.2, -0.15) is 0 Å². The molecule has 2 unspecified atom stereocenters. The van der Waals surface area contributed by atoms with Gasteiger partial charge in [-0.3, -0.25) is 9.88 Å². The molecule has 0 radical (unpaired) electrons. The normalized spacial score (nSPS) is 20.4. The van der Waals surface area contributed by atoms with Gasteiger partial charge < -0.3 is 9.72 Å². The van der Waals surface area contributed by atoms with Crippen LogP contribution in [0.25, 0.3) is 11.0 Å². The van der Waals surface area contributed by atoms with Gasteiger partial charge in [0.25, 0.3) is 0 Å². The van der Waals surface area contributed by atoms with Crippen LogP contribution in [0.5, 0.6) is 5.75 Å². The van der Waals surface area contributed by atoms with E-state index in [1.807, 2.05) is 36.4 Å². The van der Waals surface area contributed by atoms with Crippen molar-refractivity contribution in [3.63, 3.8) is 0 Å². The molecule has 27 heavy (non-hydrogen) atoms. The number of ether oxygens (including phenoxy) is 1. The number of aromatic amines is 1. The average molecular weight is 405 g/mol. The van der Waals surface area contributed by atoms with Crippen LogP contribution in [0, 0.1) is 0 Å². The number of H-pyrrole nitrogens is 1. The van der Waals surface area contributed by atoms with Crippen molar-refractivity contribution in [3.05, 3.63) is 48.3 Å². The third-order valence-corrected chi connectivity index (χ3v) is 6.60. The van der Waals surface area contributed by atoms with Crippen LogP contribution in [0.4, 0.5) is 0 Å². The number of hydrogen-bond donors (Lipinski definition) is 1. The van der Waals surface area contributed by atoms with Gasteiger partial charge >= 0.3 is 0 Å². The number of alkyl halides is 1. The number of imidazole rings is 1. The number of nitrogens with one attached hydrogen (secondary N) is 1. The number of pyridine rings is 1. The van der Waals surface area contributed by atoms with Gasteiger partial charge in [0.2, 0.25) is 0 Å². The lowest BCUT2D eigenvalue weighted by molar-refractivity contribution is 0.211. The van der Waals surface area contributed by atoms with Crippen LogP contribution in [-0.4, -0.2) is 49.6 Å². The molecule has 1 aromatic carbocycles. The van der Waals surface area contributed by atoms with E-state index in [9.17, 15) is 4.21 Å². The third kappa shape index (κ3) is 3.85. The highest BCUT2D eigenvalue weighted by Gasteiger charge is 2.33. The van der Waals surface area contributed by atoms with Crippen LogP contribution < -0.4 is 4.74 Å². The first-order valence-corrected chi connectivity index (χ1v) is 10.5. The van der Waals surface area contributed by atoms with Gasteiger partial charge in [-0.05, 0) is 43.7 Å². The molecular weight excluding hydrogens is 384 g/mol. The maximum atomic E-state index is 13.5. The van der Waals surface area contributed by atoms with Crippen molar-refractivity contribution in [2.75, 3.05) is 20.2 Å². The van der Waals surface area contributed by atoms with Gasteiger partial charge in [-0.1, -0.05) is 6.07 Å². The quantitative estimate of drug-likeness (QED) is 0.659.